The zero-order chi connectivity index (χ0) is 12.4. The van der Waals surface area contributed by atoms with E-state index in [1.54, 1.807) is 11.6 Å². The summed E-state index contributed by atoms with van der Waals surface area (Å²) in [5, 5.41) is 9.62. The topological polar surface area (TPSA) is 59.3 Å². The zero-order valence-electron chi connectivity index (χ0n) is 9.21. The number of thioether (sulfide) groups is 1. The molecule has 0 bridgehead atoms. The number of aliphatic carboxylic acids is 1. The number of para-hydroxylation sites is 1. The van der Waals surface area contributed by atoms with E-state index in [0.29, 0.717) is 5.69 Å². The quantitative estimate of drug-likeness (QED) is 0.666. The summed E-state index contributed by atoms with van der Waals surface area (Å²) in [6.07, 6.45) is 0.768. The van der Waals surface area contributed by atoms with Crippen molar-refractivity contribution in [2.24, 2.45) is 7.05 Å². The Hall–Kier alpha value is -1.75. The lowest BCUT2D eigenvalue weighted by Crippen LogP contribution is -1.99. The van der Waals surface area contributed by atoms with Crippen molar-refractivity contribution in [1.82, 2.24) is 4.57 Å². The normalized spacial score (nSPS) is 10.6. The summed E-state index contributed by atoms with van der Waals surface area (Å²) in [5.74, 6) is -0.936. The van der Waals surface area contributed by atoms with Gasteiger partial charge >= 0.3 is 5.97 Å². The van der Waals surface area contributed by atoms with E-state index in [2.05, 4.69) is 0 Å². The standard InChI is InChI=1S/C12H11NO3S/c1-13-9-5-3-2-4-8(9)12(10(13)6-14)17-7-11(15)16/h2-6H,7H2,1H3,(H,15,16). The lowest BCUT2D eigenvalue weighted by Gasteiger charge is -1.98. The van der Waals surface area contributed by atoms with Gasteiger partial charge in [0.25, 0.3) is 0 Å². The van der Waals surface area contributed by atoms with E-state index in [4.69, 9.17) is 5.11 Å². The number of aromatic nitrogens is 1. The number of carbonyl (C=O) groups is 2. The van der Waals surface area contributed by atoms with E-state index in [1.807, 2.05) is 24.3 Å². The highest BCUT2D eigenvalue weighted by atomic mass is 32.2. The molecule has 1 aromatic heterocycles. The first-order chi connectivity index (χ1) is 8.15. The fraction of sp³-hybridized carbons (Fsp3) is 0.167. The second-order valence-electron chi connectivity index (χ2n) is 3.59. The van der Waals surface area contributed by atoms with Gasteiger partial charge in [0, 0.05) is 22.8 Å². The van der Waals surface area contributed by atoms with Crippen molar-refractivity contribution >= 4 is 34.9 Å². The van der Waals surface area contributed by atoms with Crippen molar-refractivity contribution in [3.05, 3.63) is 30.0 Å². The number of rotatable bonds is 4. The molecule has 17 heavy (non-hydrogen) atoms. The molecule has 1 aromatic carbocycles. The molecule has 0 saturated carbocycles. The third kappa shape index (κ3) is 2.06. The Morgan fingerprint density at radius 1 is 1.47 bits per heavy atom. The summed E-state index contributed by atoms with van der Waals surface area (Å²) in [6.45, 7) is 0. The summed E-state index contributed by atoms with van der Waals surface area (Å²) in [4.78, 5) is 22.4. The maximum Gasteiger partial charge on any atom is 0.313 e. The van der Waals surface area contributed by atoms with Crippen molar-refractivity contribution in [2.75, 3.05) is 5.75 Å². The number of hydrogen-bond acceptors (Lipinski definition) is 3. The predicted molar refractivity (Wildman–Crippen MR) is 66.7 cm³/mol. The molecule has 5 heteroatoms. The predicted octanol–water partition coefficient (Wildman–Crippen LogP) is 2.17. The van der Waals surface area contributed by atoms with Gasteiger partial charge in [-0.05, 0) is 6.07 Å². The first-order valence-corrected chi connectivity index (χ1v) is 6.01. The van der Waals surface area contributed by atoms with Gasteiger partial charge in [0.15, 0.2) is 6.29 Å². The number of fused-ring (bicyclic) bond motifs is 1. The van der Waals surface area contributed by atoms with Crippen LogP contribution in [0, 0.1) is 0 Å². The number of carboxylic acids is 1. The highest BCUT2D eigenvalue weighted by Gasteiger charge is 2.15. The summed E-state index contributed by atoms with van der Waals surface area (Å²) >= 11 is 1.18. The summed E-state index contributed by atoms with van der Waals surface area (Å²) in [6, 6.07) is 7.57. The highest BCUT2D eigenvalue weighted by molar-refractivity contribution is 8.00. The molecule has 0 amide bonds. The third-order valence-electron chi connectivity index (χ3n) is 2.56. The Morgan fingerprint density at radius 3 is 2.82 bits per heavy atom. The van der Waals surface area contributed by atoms with Gasteiger partial charge in [-0.3, -0.25) is 9.59 Å². The van der Waals surface area contributed by atoms with Crippen molar-refractivity contribution in [3.8, 4) is 0 Å². The number of carboxylic acid groups (broad SMARTS) is 1. The van der Waals surface area contributed by atoms with E-state index < -0.39 is 5.97 Å². The largest absolute Gasteiger partial charge is 0.481 e. The fourth-order valence-corrected chi connectivity index (χ4v) is 2.73. The number of benzene rings is 1. The fourth-order valence-electron chi connectivity index (χ4n) is 1.80. The minimum Gasteiger partial charge on any atom is -0.481 e. The molecule has 2 aromatic rings. The van der Waals surface area contributed by atoms with Crippen LogP contribution in [0.5, 0.6) is 0 Å². The number of aldehydes is 1. The third-order valence-corrected chi connectivity index (χ3v) is 3.66. The van der Waals surface area contributed by atoms with Crippen molar-refractivity contribution in [2.45, 2.75) is 4.90 Å². The summed E-state index contributed by atoms with van der Waals surface area (Å²) < 4.78 is 1.78. The number of carbonyl (C=O) groups excluding carboxylic acids is 1. The molecule has 0 unspecified atom stereocenters. The van der Waals surface area contributed by atoms with Crippen LogP contribution in [0.1, 0.15) is 10.5 Å². The molecule has 1 heterocycles. The Labute approximate surface area is 102 Å². The van der Waals surface area contributed by atoms with Crippen LogP contribution in [0.3, 0.4) is 0 Å². The van der Waals surface area contributed by atoms with Gasteiger partial charge in [0.1, 0.15) is 0 Å². The molecule has 0 atom stereocenters. The molecule has 0 aliphatic rings. The monoisotopic (exact) mass is 249 g/mol. The van der Waals surface area contributed by atoms with E-state index >= 15 is 0 Å². The van der Waals surface area contributed by atoms with Gasteiger partial charge in [-0.2, -0.15) is 0 Å². The second-order valence-corrected chi connectivity index (χ2v) is 4.58. The minimum absolute atomic E-state index is 0.0468. The summed E-state index contributed by atoms with van der Waals surface area (Å²) in [7, 11) is 1.80. The first-order valence-electron chi connectivity index (χ1n) is 5.02. The van der Waals surface area contributed by atoms with E-state index in [0.717, 1.165) is 22.1 Å². The second kappa shape index (κ2) is 4.63. The first kappa shape index (κ1) is 11.7. The minimum atomic E-state index is -0.889. The average Bonchev–Trinajstić information content (AvgIpc) is 2.60. The van der Waals surface area contributed by atoms with Crippen LogP contribution in [0.15, 0.2) is 29.2 Å². The molecule has 0 aliphatic carbocycles. The lowest BCUT2D eigenvalue weighted by atomic mass is 10.2. The van der Waals surface area contributed by atoms with Gasteiger partial charge < -0.3 is 9.67 Å². The van der Waals surface area contributed by atoms with Crippen LogP contribution >= 0.6 is 11.8 Å². The molecule has 0 radical (unpaired) electrons. The molecular formula is C12H11NO3S. The van der Waals surface area contributed by atoms with E-state index in [9.17, 15) is 9.59 Å². The molecular weight excluding hydrogens is 238 g/mol. The average molecular weight is 249 g/mol. The van der Waals surface area contributed by atoms with Crippen molar-refractivity contribution in [3.63, 3.8) is 0 Å². The van der Waals surface area contributed by atoms with Crippen LogP contribution in [0.25, 0.3) is 10.9 Å². The number of aryl methyl sites for hydroxylation is 1. The summed E-state index contributed by atoms with van der Waals surface area (Å²) in [5.41, 5.74) is 1.46. The van der Waals surface area contributed by atoms with Crippen LogP contribution in [0.2, 0.25) is 0 Å². The van der Waals surface area contributed by atoms with Crippen LogP contribution in [0.4, 0.5) is 0 Å². The molecule has 0 saturated heterocycles. The maximum atomic E-state index is 11.1. The van der Waals surface area contributed by atoms with E-state index in [-0.39, 0.29) is 5.75 Å². The molecule has 4 nitrogen and oxygen atoms in total. The van der Waals surface area contributed by atoms with Gasteiger partial charge in [0.2, 0.25) is 0 Å². The Balaban J connectivity index is 2.58. The van der Waals surface area contributed by atoms with Crippen LogP contribution < -0.4 is 0 Å². The van der Waals surface area contributed by atoms with Crippen molar-refractivity contribution in [1.29, 1.82) is 0 Å². The number of nitrogens with zero attached hydrogens (tertiary/aromatic N) is 1. The zero-order valence-corrected chi connectivity index (χ0v) is 10.0. The molecule has 88 valence electrons. The van der Waals surface area contributed by atoms with Crippen LogP contribution in [-0.4, -0.2) is 27.7 Å². The van der Waals surface area contributed by atoms with Gasteiger partial charge in [-0.1, -0.05) is 18.2 Å². The van der Waals surface area contributed by atoms with Gasteiger partial charge in [-0.25, -0.2) is 0 Å². The lowest BCUT2D eigenvalue weighted by molar-refractivity contribution is -0.133. The highest BCUT2D eigenvalue weighted by Crippen LogP contribution is 2.32. The van der Waals surface area contributed by atoms with E-state index in [1.165, 1.54) is 11.8 Å². The molecule has 2 rings (SSSR count). The van der Waals surface area contributed by atoms with Crippen LogP contribution in [-0.2, 0) is 11.8 Å². The molecule has 1 N–H and O–H groups in total. The van der Waals surface area contributed by atoms with Gasteiger partial charge in [-0.15, -0.1) is 11.8 Å². The molecule has 0 aliphatic heterocycles. The SMILES string of the molecule is Cn1c(C=O)c(SCC(=O)O)c2ccccc21. The Bertz CT molecular complexity index is 589. The molecule has 0 fully saturated rings. The smallest absolute Gasteiger partial charge is 0.313 e. The van der Waals surface area contributed by atoms with Crippen molar-refractivity contribution < 1.29 is 14.7 Å². The Kier molecular flexibility index (Phi) is 3.19. The van der Waals surface area contributed by atoms with Gasteiger partial charge in [0.05, 0.1) is 11.4 Å². The number of hydrogen-bond donors (Lipinski definition) is 1. The maximum absolute atomic E-state index is 11.1. The molecule has 0 spiro atoms. The Morgan fingerprint density at radius 2 is 2.18 bits per heavy atom.